The lowest BCUT2D eigenvalue weighted by Crippen LogP contribution is -2.55. The monoisotopic (exact) mass is 520 g/mol. The van der Waals surface area contributed by atoms with E-state index in [0.717, 1.165) is 5.56 Å². The molecule has 1 aliphatic rings. The topological polar surface area (TPSA) is 154 Å². The van der Waals surface area contributed by atoms with Crippen LogP contribution in [-0.2, 0) is 30.3 Å². The van der Waals surface area contributed by atoms with Gasteiger partial charge in [-0.15, -0.1) is 0 Å². The molecule has 0 aliphatic carbocycles. The van der Waals surface area contributed by atoms with Gasteiger partial charge in [0.2, 0.25) is 5.91 Å². The van der Waals surface area contributed by atoms with Crippen molar-refractivity contribution in [2.24, 2.45) is 5.41 Å². The third-order valence-corrected chi connectivity index (χ3v) is 5.99. The molecule has 206 valence electrons. The van der Waals surface area contributed by atoms with E-state index in [1.807, 2.05) is 51.1 Å². The van der Waals surface area contributed by atoms with E-state index in [1.54, 1.807) is 6.08 Å². The molecule has 1 saturated heterocycles. The van der Waals surface area contributed by atoms with Gasteiger partial charge in [0.1, 0.15) is 30.5 Å². The van der Waals surface area contributed by atoms with Crippen LogP contribution in [0.15, 0.2) is 42.5 Å². The summed E-state index contributed by atoms with van der Waals surface area (Å²) in [7, 11) is 1.18. The summed E-state index contributed by atoms with van der Waals surface area (Å²) in [6.45, 7) is 5.82. The number of carbonyl (C=O) groups is 3. The predicted molar refractivity (Wildman–Crippen MR) is 136 cm³/mol. The smallest absolute Gasteiger partial charge is 0.306 e. The van der Waals surface area contributed by atoms with E-state index in [1.165, 1.54) is 13.2 Å². The molecule has 6 atom stereocenters. The summed E-state index contributed by atoms with van der Waals surface area (Å²) in [5.74, 6) is -1.66. The maximum absolute atomic E-state index is 12.8. The lowest BCUT2D eigenvalue weighted by molar-refractivity contribution is -0.151. The summed E-state index contributed by atoms with van der Waals surface area (Å²) in [6, 6.07) is 8.61. The minimum absolute atomic E-state index is 0.115. The van der Waals surface area contributed by atoms with Crippen LogP contribution in [0.4, 0.5) is 0 Å². The van der Waals surface area contributed by atoms with Crippen LogP contribution in [0.3, 0.4) is 0 Å². The van der Waals surface area contributed by atoms with Gasteiger partial charge in [0.15, 0.2) is 6.10 Å². The standard InChI is InChI=1S/C27H40N2O8/c1-27(2,3)15-14-20(30)22(32)23(33)24(36-4)26(35)29-19-12-11-18(16-28-25(19)34)37-21(31)13-10-17-8-6-5-7-9-17/h5-9,14-15,18-20,22-24,30,32-33H,10-13,16H2,1-4H3,(H,28,34)(H,29,35)/b15-14+. The molecule has 1 aromatic rings. The maximum atomic E-state index is 12.8. The SMILES string of the molecule is COC(C(=O)NC1CCC(OC(=O)CCc2ccccc2)CNC1=O)C(O)C(O)C(O)/C=C/C(C)(C)C. The number of esters is 1. The number of ether oxygens (including phenoxy) is 2. The van der Waals surface area contributed by atoms with Crippen molar-refractivity contribution in [3.8, 4) is 0 Å². The number of hydrogen-bond acceptors (Lipinski definition) is 8. The van der Waals surface area contributed by atoms with Crippen LogP contribution < -0.4 is 10.6 Å². The lowest BCUT2D eigenvalue weighted by Gasteiger charge is -2.28. The van der Waals surface area contributed by atoms with Crippen LogP contribution in [0.25, 0.3) is 0 Å². The summed E-state index contributed by atoms with van der Waals surface area (Å²) in [5.41, 5.74) is 0.763. The van der Waals surface area contributed by atoms with Crippen molar-refractivity contribution < 1.29 is 39.2 Å². The Balaban J connectivity index is 1.89. The number of amides is 2. The number of methoxy groups -OCH3 is 1. The van der Waals surface area contributed by atoms with Gasteiger partial charge in [-0.25, -0.2) is 0 Å². The highest BCUT2D eigenvalue weighted by atomic mass is 16.5. The minimum Gasteiger partial charge on any atom is -0.460 e. The van der Waals surface area contributed by atoms with Gasteiger partial charge < -0.3 is 35.4 Å². The van der Waals surface area contributed by atoms with Gasteiger partial charge in [0, 0.05) is 13.5 Å². The zero-order valence-electron chi connectivity index (χ0n) is 21.9. The molecule has 6 unspecified atom stereocenters. The second-order valence-corrected chi connectivity index (χ2v) is 10.3. The molecule has 2 rings (SSSR count). The Bertz CT molecular complexity index is 915. The van der Waals surface area contributed by atoms with Crippen LogP contribution >= 0.6 is 0 Å². The third kappa shape index (κ3) is 10.2. The number of aryl methyl sites for hydroxylation is 1. The Hall–Kier alpha value is -2.79. The van der Waals surface area contributed by atoms with Crippen molar-refractivity contribution >= 4 is 17.8 Å². The number of allylic oxidation sites excluding steroid dienone is 1. The second-order valence-electron chi connectivity index (χ2n) is 10.3. The first-order valence-electron chi connectivity index (χ1n) is 12.5. The Morgan fingerprint density at radius 1 is 1.14 bits per heavy atom. The average Bonchev–Trinajstić information content (AvgIpc) is 3.02. The fourth-order valence-electron chi connectivity index (χ4n) is 3.84. The molecule has 10 nitrogen and oxygen atoms in total. The van der Waals surface area contributed by atoms with E-state index in [-0.39, 0.29) is 30.8 Å². The summed E-state index contributed by atoms with van der Waals surface area (Å²) >= 11 is 0. The normalized spacial score (nSPS) is 21.9. The molecule has 1 fully saturated rings. The zero-order chi connectivity index (χ0) is 27.6. The Morgan fingerprint density at radius 2 is 1.81 bits per heavy atom. The molecule has 1 heterocycles. The van der Waals surface area contributed by atoms with E-state index in [0.29, 0.717) is 12.8 Å². The van der Waals surface area contributed by atoms with Crippen molar-refractivity contribution in [1.82, 2.24) is 10.6 Å². The number of carbonyl (C=O) groups excluding carboxylic acids is 3. The van der Waals surface area contributed by atoms with Gasteiger partial charge in [-0.2, -0.15) is 0 Å². The van der Waals surface area contributed by atoms with E-state index < -0.39 is 48.4 Å². The predicted octanol–water partition coefficient (Wildman–Crippen LogP) is 0.626. The highest BCUT2D eigenvalue weighted by Gasteiger charge is 2.37. The average molecular weight is 521 g/mol. The van der Waals surface area contributed by atoms with E-state index >= 15 is 0 Å². The molecule has 1 aromatic carbocycles. The van der Waals surface area contributed by atoms with Crippen molar-refractivity contribution in [3.05, 3.63) is 48.0 Å². The van der Waals surface area contributed by atoms with E-state index in [4.69, 9.17) is 9.47 Å². The Labute approximate surface area is 218 Å². The van der Waals surface area contributed by atoms with Crippen LogP contribution in [-0.4, -0.2) is 83.3 Å². The van der Waals surface area contributed by atoms with Crippen molar-refractivity contribution in [2.75, 3.05) is 13.7 Å². The van der Waals surface area contributed by atoms with Crippen LogP contribution in [0.5, 0.6) is 0 Å². The Morgan fingerprint density at radius 3 is 2.43 bits per heavy atom. The second kappa shape index (κ2) is 14.2. The van der Waals surface area contributed by atoms with Crippen molar-refractivity contribution in [2.45, 2.75) is 83.0 Å². The number of aliphatic hydroxyl groups excluding tert-OH is 3. The molecule has 5 N–H and O–H groups in total. The number of aliphatic hydroxyl groups is 3. The van der Waals surface area contributed by atoms with Gasteiger partial charge in [0.05, 0.1) is 6.54 Å². The molecular formula is C27H40N2O8. The quantitative estimate of drug-likeness (QED) is 0.210. The molecule has 10 heteroatoms. The fourth-order valence-corrected chi connectivity index (χ4v) is 3.84. The van der Waals surface area contributed by atoms with Crippen LogP contribution in [0.1, 0.15) is 45.6 Å². The third-order valence-electron chi connectivity index (χ3n) is 5.99. The first kappa shape index (κ1) is 30.4. The largest absolute Gasteiger partial charge is 0.460 e. The molecule has 0 saturated carbocycles. The number of benzene rings is 1. The van der Waals surface area contributed by atoms with Crippen LogP contribution in [0, 0.1) is 5.41 Å². The molecule has 37 heavy (non-hydrogen) atoms. The first-order chi connectivity index (χ1) is 17.4. The molecule has 0 aromatic heterocycles. The highest BCUT2D eigenvalue weighted by Crippen LogP contribution is 2.17. The van der Waals surface area contributed by atoms with E-state index in [9.17, 15) is 29.7 Å². The molecule has 1 aliphatic heterocycles. The van der Waals surface area contributed by atoms with Gasteiger partial charge in [0.25, 0.3) is 5.91 Å². The number of nitrogens with one attached hydrogen (secondary N) is 2. The van der Waals surface area contributed by atoms with Crippen molar-refractivity contribution in [1.29, 1.82) is 0 Å². The maximum Gasteiger partial charge on any atom is 0.306 e. The zero-order valence-corrected chi connectivity index (χ0v) is 21.9. The van der Waals surface area contributed by atoms with E-state index in [2.05, 4.69) is 10.6 Å². The van der Waals surface area contributed by atoms with Gasteiger partial charge in [-0.3, -0.25) is 14.4 Å². The molecule has 0 radical (unpaired) electrons. The summed E-state index contributed by atoms with van der Waals surface area (Å²) < 4.78 is 10.6. The summed E-state index contributed by atoms with van der Waals surface area (Å²) in [4.78, 5) is 37.6. The summed E-state index contributed by atoms with van der Waals surface area (Å²) in [5, 5.41) is 36.2. The molecule has 0 bridgehead atoms. The molecular weight excluding hydrogens is 480 g/mol. The van der Waals surface area contributed by atoms with Gasteiger partial charge in [-0.1, -0.05) is 63.3 Å². The minimum atomic E-state index is -1.75. The molecule has 2 amide bonds. The lowest BCUT2D eigenvalue weighted by atomic mass is 9.94. The van der Waals surface area contributed by atoms with Crippen molar-refractivity contribution in [3.63, 3.8) is 0 Å². The Kier molecular flexibility index (Phi) is 11.7. The first-order valence-corrected chi connectivity index (χ1v) is 12.5. The van der Waals surface area contributed by atoms with Crippen LogP contribution in [0.2, 0.25) is 0 Å². The fraction of sp³-hybridized carbons (Fsp3) is 0.593. The van der Waals surface area contributed by atoms with Gasteiger partial charge >= 0.3 is 5.97 Å². The summed E-state index contributed by atoms with van der Waals surface area (Å²) in [6.07, 6.45) is -2.65. The number of rotatable bonds is 11. The molecule has 0 spiro atoms. The highest BCUT2D eigenvalue weighted by molar-refractivity contribution is 5.89. The number of hydrogen-bond donors (Lipinski definition) is 5. The van der Waals surface area contributed by atoms with Gasteiger partial charge in [-0.05, 0) is 30.2 Å².